The van der Waals surface area contributed by atoms with E-state index in [1.165, 1.54) is 38.2 Å². The van der Waals surface area contributed by atoms with Crippen molar-refractivity contribution in [3.05, 3.63) is 47.5 Å². The lowest BCUT2D eigenvalue weighted by molar-refractivity contribution is -0.136. The van der Waals surface area contributed by atoms with Crippen LogP contribution in [0.1, 0.15) is 87.6 Å². The summed E-state index contributed by atoms with van der Waals surface area (Å²) in [5.74, 6) is 0.196. The van der Waals surface area contributed by atoms with Crippen molar-refractivity contribution in [1.29, 1.82) is 0 Å². The Labute approximate surface area is 247 Å². The molecule has 0 radical (unpaired) electrons. The van der Waals surface area contributed by atoms with Gasteiger partial charge in [0.1, 0.15) is 4.21 Å². The standard InChI is InChI=1S/C29H39N3O6S2.CH4/c1-40(37,38)27-16-15-25(39-27)31-29(36)32(24-13-11-22(12-14-24)21-5-3-2-4-6-21)19-20-7-9-23(10-8-20)28(35)30-18-17-26(33)34;/h7-10,15-16,21-22,24H,2-6,11-14,17-19H2,1H3,(H,30,35)(H,31,36)(H,33,34);1H4. The minimum absolute atomic E-state index is 0. The van der Waals surface area contributed by atoms with Crippen LogP contribution in [0.3, 0.4) is 0 Å². The van der Waals surface area contributed by atoms with Crippen molar-refractivity contribution in [1.82, 2.24) is 10.2 Å². The molecule has 0 saturated heterocycles. The zero-order valence-electron chi connectivity index (χ0n) is 22.9. The van der Waals surface area contributed by atoms with E-state index in [0.29, 0.717) is 17.1 Å². The molecule has 41 heavy (non-hydrogen) atoms. The fourth-order valence-electron chi connectivity index (χ4n) is 5.96. The Bertz CT molecular complexity index is 1280. The predicted molar refractivity (Wildman–Crippen MR) is 162 cm³/mol. The zero-order valence-corrected chi connectivity index (χ0v) is 24.6. The number of hydrogen-bond acceptors (Lipinski definition) is 6. The summed E-state index contributed by atoms with van der Waals surface area (Å²) in [6.07, 6.45) is 11.7. The summed E-state index contributed by atoms with van der Waals surface area (Å²) < 4.78 is 24.0. The quantitative estimate of drug-likeness (QED) is 0.297. The largest absolute Gasteiger partial charge is 0.481 e. The van der Waals surface area contributed by atoms with Gasteiger partial charge in [0, 0.05) is 31.0 Å². The molecule has 0 atom stereocenters. The van der Waals surface area contributed by atoms with Crippen LogP contribution in [0.15, 0.2) is 40.6 Å². The fourth-order valence-corrected chi connectivity index (χ4v) is 7.78. The van der Waals surface area contributed by atoms with Gasteiger partial charge >= 0.3 is 12.0 Å². The number of carbonyl (C=O) groups is 3. The second-order valence-electron chi connectivity index (χ2n) is 11.0. The van der Waals surface area contributed by atoms with Gasteiger partial charge in [-0.15, -0.1) is 11.3 Å². The molecule has 1 aromatic carbocycles. The first kappa shape index (κ1) is 32.6. The highest BCUT2D eigenvalue weighted by molar-refractivity contribution is 7.92. The summed E-state index contributed by atoms with van der Waals surface area (Å²) in [5, 5.41) is 14.8. The van der Waals surface area contributed by atoms with E-state index in [1.54, 1.807) is 18.2 Å². The molecular formula is C30H43N3O6S2. The van der Waals surface area contributed by atoms with Gasteiger partial charge in [0.05, 0.1) is 11.4 Å². The van der Waals surface area contributed by atoms with Crippen LogP contribution in [0.4, 0.5) is 9.80 Å². The molecule has 2 fully saturated rings. The molecule has 11 heteroatoms. The third-order valence-corrected chi connectivity index (χ3v) is 11.0. The average molecular weight is 606 g/mol. The molecule has 226 valence electrons. The highest BCUT2D eigenvalue weighted by Crippen LogP contribution is 2.39. The number of anilines is 1. The first-order chi connectivity index (χ1) is 19.1. The van der Waals surface area contributed by atoms with Crippen molar-refractivity contribution < 1.29 is 27.9 Å². The summed E-state index contributed by atoms with van der Waals surface area (Å²) in [5.41, 5.74) is 1.29. The van der Waals surface area contributed by atoms with Crippen molar-refractivity contribution in [3.8, 4) is 0 Å². The van der Waals surface area contributed by atoms with Crippen LogP contribution in [0.2, 0.25) is 0 Å². The zero-order chi connectivity index (χ0) is 28.7. The number of aliphatic carboxylic acids is 1. The molecule has 3 N–H and O–H groups in total. The number of carboxylic acids is 1. The van der Waals surface area contributed by atoms with E-state index in [0.717, 1.165) is 60.7 Å². The molecule has 0 bridgehead atoms. The van der Waals surface area contributed by atoms with Crippen LogP contribution in [-0.4, -0.2) is 55.2 Å². The van der Waals surface area contributed by atoms with Crippen molar-refractivity contribution in [2.75, 3.05) is 18.1 Å². The van der Waals surface area contributed by atoms with Crippen LogP contribution in [0.5, 0.6) is 0 Å². The highest BCUT2D eigenvalue weighted by Gasteiger charge is 2.33. The molecular weight excluding hydrogens is 562 g/mol. The monoisotopic (exact) mass is 605 g/mol. The van der Waals surface area contributed by atoms with Gasteiger partial charge in [-0.3, -0.25) is 14.9 Å². The Balaban J connectivity index is 0.00000462. The van der Waals surface area contributed by atoms with Crippen molar-refractivity contribution in [3.63, 3.8) is 0 Å². The number of sulfone groups is 1. The summed E-state index contributed by atoms with van der Waals surface area (Å²) in [4.78, 5) is 38.4. The highest BCUT2D eigenvalue weighted by atomic mass is 32.2. The second kappa shape index (κ2) is 14.8. The Kier molecular flexibility index (Phi) is 11.8. The molecule has 0 aliphatic heterocycles. The molecule has 0 spiro atoms. The van der Waals surface area contributed by atoms with Gasteiger partial charge in [0.2, 0.25) is 0 Å². The molecule has 1 aromatic heterocycles. The van der Waals surface area contributed by atoms with Gasteiger partial charge in [-0.05, 0) is 67.3 Å². The third kappa shape index (κ3) is 9.29. The van der Waals surface area contributed by atoms with E-state index in [1.807, 2.05) is 17.0 Å². The van der Waals surface area contributed by atoms with E-state index in [9.17, 15) is 22.8 Å². The molecule has 9 nitrogen and oxygen atoms in total. The van der Waals surface area contributed by atoms with Gasteiger partial charge in [0.25, 0.3) is 5.91 Å². The Hall–Kier alpha value is -2.92. The van der Waals surface area contributed by atoms with Crippen molar-refractivity contribution in [2.45, 2.75) is 88.4 Å². The van der Waals surface area contributed by atoms with Crippen LogP contribution < -0.4 is 10.6 Å². The maximum absolute atomic E-state index is 13.6. The third-order valence-electron chi connectivity index (χ3n) is 8.13. The predicted octanol–water partition coefficient (Wildman–Crippen LogP) is 6.17. The molecule has 2 aliphatic rings. The number of thiophene rings is 1. The molecule has 4 rings (SSSR count). The van der Waals surface area contributed by atoms with Crippen LogP contribution in [-0.2, 0) is 21.2 Å². The van der Waals surface area contributed by atoms with Gasteiger partial charge in [0.15, 0.2) is 9.84 Å². The number of amides is 3. The van der Waals surface area contributed by atoms with Crippen molar-refractivity contribution in [2.24, 2.45) is 11.8 Å². The number of carboxylic acid groups (broad SMARTS) is 1. The van der Waals surface area contributed by atoms with E-state index in [-0.39, 0.29) is 42.6 Å². The molecule has 2 aliphatic carbocycles. The summed E-state index contributed by atoms with van der Waals surface area (Å²) in [6, 6.07) is 9.91. The minimum Gasteiger partial charge on any atom is -0.481 e. The number of rotatable bonds is 10. The Morgan fingerprint density at radius 2 is 1.56 bits per heavy atom. The van der Waals surface area contributed by atoms with E-state index in [4.69, 9.17) is 5.11 Å². The van der Waals surface area contributed by atoms with Gasteiger partial charge < -0.3 is 15.3 Å². The lowest BCUT2D eigenvalue weighted by Gasteiger charge is -2.40. The minimum atomic E-state index is -3.35. The van der Waals surface area contributed by atoms with Crippen molar-refractivity contribution >= 4 is 44.1 Å². The summed E-state index contributed by atoms with van der Waals surface area (Å²) in [7, 11) is -3.35. The smallest absolute Gasteiger partial charge is 0.323 e. The first-order valence-electron chi connectivity index (χ1n) is 14.1. The van der Waals surface area contributed by atoms with E-state index < -0.39 is 15.8 Å². The van der Waals surface area contributed by atoms with Gasteiger partial charge in [-0.2, -0.15) is 0 Å². The maximum Gasteiger partial charge on any atom is 0.323 e. The normalized spacial score (nSPS) is 19.5. The number of benzene rings is 1. The molecule has 3 amide bonds. The van der Waals surface area contributed by atoms with Crippen LogP contribution >= 0.6 is 11.3 Å². The Morgan fingerprint density at radius 3 is 2.15 bits per heavy atom. The summed E-state index contributed by atoms with van der Waals surface area (Å²) >= 11 is 1.04. The first-order valence-corrected chi connectivity index (χ1v) is 16.8. The molecule has 0 unspecified atom stereocenters. The van der Waals surface area contributed by atoms with Crippen LogP contribution in [0.25, 0.3) is 0 Å². The van der Waals surface area contributed by atoms with Crippen LogP contribution in [0, 0.1) is 11.8 Å². The number of nitrogens with zero attached hydrogens (tertiary/aromatic N) is 1. The maximum atomic E-state index is 13.6. The Morgan fingerprint density at radius 1 is 0.927 bits per heavy atom. The number of urea groups is 1. The lowest BCUT2D eigenvalue weighted by Crippen LogP contribution is -2.44. The average Bonchev–Trinajstić information content (AvgIpc) is 3.41. The molecule has 1 heterocycles. The number of hydrogen-bond donors (Lipinski definition) is 3. The van der Waals surface area contributed by atoms with E-state index in [2.05, 4.69) is 10.6 Å². The second-order valence-corrected chi connectivity index (χ2v) is 14.3. The van der Waals surface area contributed by atoms with E-state index >= 15 is 0 Å². The summed E-state index contributed by atoms with van der Waals surface area (Å²) in [6.45, 7) is 0.410. The topological polar surface area (TPSA) is 133 Å². The number of carbonyl (C=O) groups excluding carboxylic acids is 2. The molecule has 2 saturated carbocycles. The SMILES string of the molecule is C.CS(=O)(=O)c1ccc(NC(=O)N(Cc2ccc(C(=O)NCCC(=O)O)cc2)C2CCC(C3CCCCC3)CC2)s1. The van der Waals surface area contributed by atoms with Gasteiger partial charge in [-0.1, -0.05) is 51.7 Å². The molecule has 2 aromatic rings. The fraction of sp³-hybridized carbons (Fsp3) is 0.567. The van der Waals surface area contributed by atoms with Gasteiger partial charge in [-0.25, -0.2) is 13.2 Å². The lowest BCUT2D eigenvalue weighted by atomic mass is 9.72. The number of nitrogens with one attached hydrogen (secondary N) is 2.